The molecule has 0 fully saturated rings. The summed E-state index contributed by atoms with van der Waals surface area (Å²) in [4.78, 5) is 13.9. The van der Waals surface area contributed by atoms with Gasteiger partial charge in [0.05, 0.1) is 12.3 Å². The molecule has 0 spiro atoms. The Balaban J connectivity index is 2.80. The lowest BCUT2D eigenvalue weighted by molar-refractivity contribution is 0.0748. The van der Waals surface area contributed by atoms with Crippen LogP contribution in [-0.4, -0.2) is 35.6 Å². The second kappa shape index (κ2) is 5.53. The Hall–Kier alpha value is -1.33. The van der Waals surface area contributed by atoms with Gasteiger partial charge in [-0.3, -0.25) is 4.79 Å². The standard InChI is InChI=1S/C10H14N2O2S/c1-2-4-12(5-6-13)10(14)9-8(11)3-7-15-9/h2-3,7,13H,1,4-6,11H2. The average Bonchev–Trinajstić information content (AvgIpc) is 2.63. The van der Waals surface area contributed by atoms with E-state index in [4.69, 9.17) is 10.8 Å². The summed E-state index contributed by atoms with van der Waals surface area (Å²) >= 11 is 1.31. The third-order valence-electron chi connectivity index (χ3n) is 1.90. The van der Waals surface area contributed by atoms with Crippen molar-refractivity contribution in [2.75, 3.05) is 25.4 Å². The Bertz CT molecular complexity index is 349. The Kier molecular flexibility index (Phi) is 4.33. The van der Waals surface area contributed by atoms with Gasteiger partial charge in [0.15, 0.2) is 0 Å². The van der Waals surface area contributed by atoms with Crippen molar-refractivity contribution in [2.24, 2.45) is 0 Å². The van der Waals surface area contributed by atoms with Gasteiger partial charge in [-0.15, -0.1) is 17.9 Å². The molecule has 1 heterocycles. The molecule has 1 aromatic heterocycles. The zero-order valence-corrected chi connectivity index (χ0v) is 9.17. The lowest BCUT2D eigenvalue weighted by atomic mass is 10.3. The molecule has 0 saturated heterocycles. The smallest absolute Gasteiger partial charge is 0.266 e. The molecule has 82 valence electrons. The minimum absolute atomic E-state index is 0.0646. The van der Waals surface area contributed by atoms with Crippen LogP contribution in [0.25, 0.3) is 0 Å². The van der Waals surface area contributed by atoms with Crippen molar-refractivity contribution in [3.63, 3.8) is 0 Å². The fourth-order valence-electron chi connectivity index (χ4n) is 1.19. The first kappa shape index (κ1) is 11.7. The van der Waals surface area contributed by atoms with Gasteiger partial charge in [-0.2, -0.15) is 0 Å². The molecule has 0 atom stereocenters. The summed E-state index contributed by atoms with van der Waals surface area (Å²) in [7, 11) is 0. The first-order valence-corrected chi connectivity index (χ1v) is 5.42. The average molecular weight is 226 g/mol. The van der Waals surface area contributed by atoms with E-state index in [1.165, 1.54) is 16.2 Å². The van der Waals surface area contributed by atoms with Crippen LogP contribution < -0.4 is 5.73 Å². The number of aliphatic hydroxyl groups excluding tert-OH is 1. The molecule has 3 N–H and O–H groups in total. The highest BCUT2D eigenvalue weighted by Crippen LogP contribution is 2.20. The Morgan fingerprint density at radius 3 is 2.93 bits per heavy atom. The number of nitrogens with two attached hydrogens (primary N) is 1. The molecular formula is C10H14N2O2S. The number of amides is 1. The van der Waals surface area contributed by atoms with Gasteiger partial charge >= 0.3 is 0 Å². The van der Waals surface area contributed by atoms with E-state index < -0.39 is 0 Å². The molecule has 0 aromatic carbocycles. The van der Waals surface area contributed by atoms with Gasteiger partial charge in [-0.05, 0) is 11.4 Å². The molecule has 0 aliphatic heterocycles. The summed E-state index contributed by atoms with van der Waals surface area (Å²) in [5.41, 5.74) is 6.13. The highest BCUT2D eigenvalue weighted by molar-refractivity contribution is 7.12. The number of aliphatic hydroxyl groups is 1. The van der Waals surface area contributed by atoms with E-state index in [1.54, 1.807) is 17.5 Å². The lowest BCUT2D eigenvalue weighted by Gasteiger charge is -2.19. The van der Waals surface area contributed by atoms with E-state index in [-0.39, 0.29) is 12.5 Å². The van der Waals surface area contributed by atoms with Crippen molar-refractivity contribution in [1.29, 1.82) is 0 Å². The topological polar surface area (TPSA) is 66.6 Å². The van der Waals surface area contributed by atoms with Crippen LogP contribution in [0.4, 0.5) is 5.69 Å². The van der Waals surface area contributed by atoms with Crippen molar-refractivity contribution in [3.05, 3.63) is 29.0 Å². The predicted octanol–water partition coefficient (Wildman–Crippen LogP) is 0.951. The van der Waals surface area contributed by atoms with Crippen molar-refractivity contribution in [2.45, 2.75) is 0 Å². The van der Waals surface area contributed by atoms with E-state index in [1.807, 2.05) is 0 Å². The van der Waals surface area contributed by atoms with Crippen molar-refractivity contribution in [1.82, 2.24) is 4.90 Å². The van der Waals surface area contributed by atoms with Crippen LogP contribution in [-0.2, 0) is 0 Å². The first-order chi connectivity index (χ1) is 7.20. The molecule has 1 amide bonds. The lowest BCUT2D eigenvalue weighted by Crippen LogP contribution is -2.33. The van der Waals surface area contributed by atoms with Gasteiger partial charge in [0.2, 0.25) is 0 Å². The van der Waals surface area contributed by atoms with Crippen LogP contribution in [0, 0.1) is 0 Å². The maximum absolute atomic E-state index is 11.9. The number of rotatable bonds is 5. The number of thiophene rings is 1. The first-order valence-electron chi connectivity index (χ1n) is 4.54. The van der Waals surface area contributed by atoms with Crippen molar-refractivity contribution in [3.8, 4) is 0 Å². The zero-order valence-electron chi connectivity index (χ0n) is 8.35. The van der Waals surface area contributed by atoms with Crippen molar-refractivity contribution < 1.29 is 9.90 Å². The van der Waals surface area contributed by atoms with Gasteiger partial charge in [-0.1, -0.05) is 6.08 Å². The highest BCUT2D eigenvalue weighted by Gasteiger charge is 2.17. The van der Waals surface area contributed by atoms with Crippen LogP contribution >= 0.6 is 11.3 Å². The molecule has 0 saturated carbocycles. The molecule has 0 bridgehead atoms. The Morgan fingerprint density at radius 1 is 1.73 bits per heavy atom. The maximum atomic E-state index is 11.9. The Labute approximate surface area is 92.6 Å². The third-order valence-corrected chi connectivity index (χ3v) is 2.81. The van der Waals surface area contributed by atoms with E-state index in [9.17, 15) is 4.79 Å². The van der Waals surface area contributed by atoms with Crippen LogP contribution in [0.2, 0.25) is 0 Å². The molecule has 15 heavy (non-hydrogen) atoms. The molecule has 0 unspecified atom stereocenters. The minimum Gasteiger partial charge on any atom is -0.397 e. The summed E-state index contributed by atoms with van der Waals surface area (Å²) in [6.07, 6.45) is 1.62. The van der Waals surface area contributed by atoms with E-state index in [0.29, 0.717) is 23.7 Å². The molecular weight excluding hydrogens is 212 g/mol. The monoisotopic (exact) mass is 226 g/mol. The van der Waals surface area contributed by atoms with Crippen LogP contribution in [0.1, 0.15) is 9.67 Å². The third kappa shape index (κ3) is 2.81. The largest absolute Gasteiger partial charge is 0.397 e. The van der Waals surface area contributed by atoms with E-state index >= 15 is 0 Å². The second-order valence-corrected chi connectivity index (χ2v) is 3.88. The second-order valence-electron chi connectivity index (χ2n) is 2.97. The SMILES string of the molecule is C=CCN(CCO)C(=O)c1sccc1N. The van der Waals surface area contributed by atoms with Gasteiger partial charge in [0.25, 0.3) is 5.91 Å². The molecule has 5 heteroatoms. The predicted molar refractivity (Wildman–Crippen MR) is 61.9 cm³/mol. The number of carbonyl (C=O) groups is 1. The van der Waals surface area contributed by atoms with Crippen LogP contribution in [0.15, 0.2) is 24.1 Å². The minimum atomic E-state index is -0.156. The summed E-state index contributed by atoms with van der Waals surface area (Å²) in [6, 6.07) is 1.70. The van der Waals surface area contributed by atoms with Gasteiger partial charge in [-0.25, -0.2) is 0 Å². The fourth-order valence-corrected chi connectivity index (χ4v) is 1.97. The normalized spacial score (nSPS) is 9.93. The fraction of sp³-hybridized carbons (Fsp3) is 0.300. The number of carbonyl (C=O) groups excluding carboxylic acids is 1. The summed E-state index contributed by atoms with van der Waals surface area (Å²) < 4.78 is 0. The molecule has 1 rings (SSSR count). The number of anilines is 1. The highest BCUT2D eigenvalue weighted by atomic mass is 32.1. The van der Waals surface area contributed by atoms with Crippen LogP contribution in [0.5, 0.6) is 0 Å². The Morgan fingerprint density at radius 2 is 2.47 bits per heavy atom. The summed E-state index contributed by atoms with van der Waals surface area (Å²) in [5, 5.41) is 10.6. The summed E-state index contributed by atoms with van der Waals surface area (Å²) in [5.74, 6) is -0.156. The molecule has 1 aromatic rings. The molecule has 0 radical (unpaired) electrons. The number of hydrogen-bond acceptors (Lipinski definition) is 4. The van der Waals surface area contributed by atoms with Gasteiger partial charge in [0.1, 0.15) is 4.88 Å². The van der Waals surface area contributed by atoms with Crippen molar-refractivity contribution >= 4 is 22.9 Å². The quantitative estimate of drug-likeness (QED) is 0.735. The van der Waals surface area contributed by atoms with Gasteiger partial charge < -0.3 is 15.7 Å². The molecule has 0 aliphatic carbocycles. The van der Waals surface area contributed by atoms with Crippen LogP contribution in [0.3, 0.4) is 0 Å². The van der Waals surface area contributed by atoms with Gasteiger partial charge in [0, 0.05) is 13.1 Å². The number of hydrogen-bond donors (Lipinski definition) is 2. The number of nitrogen functional groups attached to an aromatic ring is 1. The molecule has 0 aliphatic rings. The maximum Gasteiger partial charge on any atom is 0.266 e. The zero-order chi connectivity index (χ0) is 11.3. The van der Waals surface area contributed by atoms with E-state index in [2.05, 4.69) is 6.58 Å². The number of nitrogens with zero attached hydrogens (tertiary/aromatic N) is 1. The molecule has 4 nitrogen and oxygen atoms in total. The summed E-state index contributed by atoms with van der Waals surface area (Å²) in [6.45, 7) is 4.21. The van der Waals surface area contributed by atoms with E-state index in [0.717, 1.165) is 0 Å².